The molecule has 0 bridgehead atoms. The Kier molecular flexibility index (Phi) is 5.59. The fourth-order valence-corrected chi connectivity index (χ4v) is 2.74. The highest BCUT2D eigenvalue weighted by Gasteiger charge is 2.22. The minimum atomic E-state index is -0.411. The summed E-state index contributed by atoms with van der Waals surface area (Å²) >= 11 is 0. The molecular formula is C20H20N2O3. The van der Waals surface area contributed by atoms with Crippen molar-refractivity contribution in [2.45, 2.75) is 6.04 Å². The maximum Gasteiger partial charge on any atom is 0.356 e. The number of nitrogens with zero attached hydrogens (tertiary/aromatic N) is 2. The quantitative estimate of drug-likeness (QED) is 0.490. The summed E-state index contributed by atoms with van der Waals surface area (Å²) in [4.78, 5) is 16.6. The number of aromatic nitrogens is 2. The molecule has 0 amide bonds. The van der Waals surface area contributed by atoms with Crippen LogP contribution in [0, 0.1) is 0 Å². The molecule has 2 aromatic carbocycles. The molecule has 1 aromatic heterocycles. The normalized spacial score (nSPS) is 10.8. The van der Waals surface area contributed by atoms with E-state index in [0.29, 0.717) is 12.3 Å². The van der Waals surface area contributed by atoms with Crippen LogP contribution in [0.2, 0.25) is 0 Å². The molecule has 0 spiro atoms. The third kappa shape index (κ3) is 3.95. The van der Waals surface area contributed by atoms with E-state index in [1.807, 2.05) is 65.2 Å². The SMILES string of the molecule is COCCOC(=O)c1cncn1C(c1ccccc1)c1ccccc1. The Morgan fingerprint density at radius 3 is 2.16 bits per heavy atom. The first-order valence-electron chi connectivity index (χ1n) is 8.09. The largest absolute Gasteiger partial charge is 0.459 e. The standard InChI is InChI=1S/C20H20N2O3/c1-24-12-13-25-20(23)18-14-21-15-22(18)19(16-8-4-2-5-9-16)17-10-6-3-7-11-17/h2-11,14-15,19H,12-13H2,1H3. The summed E-state index contributed by atoms with van der Waals surface area (Å²) in [5, 5.41) is 0. The van der Waals surface area contributed by atoms with E-state index < -0.39 is 5.97 Å². The van der Waals surface area contributed by atoms with E-state index in [-0.39, 0.29) is 12.6 Å². The van der Waals surface area contributed by atoms with Crippen LogP contribution in [0.15, 0.2) is 73.2 Å². The number of hydrogen-bond acceptors (Lipinski definition) is 4. The van der Waals surface area contributed by atoms with Crippen molar-refractivity contribution in [3.63, 3.8) is 0 Å². The molecule has 3 aromatic rings. The van der Waals surface area contributed by atoms with Gasteiger partial charge < -0.3 is 14.0 Å². The van der Waals surface area contributed by atoms with Crippen LogP contribution in [0.5, 0.6) is 0 Å². The van der Waals surface area contributed by atoms with Crippen molar-refractivity contribution >= 4 is 5.97 Å². The van der Waals surface area contributed by atoms with Gasteiger partial charge in [-0.1, -0.05) is 60.7 Å². The molecule has 1 heterocycles. The van der Waals surface area contributed by atoms with E-state index in [1.54, 1.807) is 13.4 Å². The molecule has 0 aliphatic heterocycles. The number of carbonyl (C=O) groups excluding carboxylic acids is 1. The van der Waals surface area contributed by atoms with Gasteiger partial charge in [0.25, 0.3) is 0 Å². The Bertz CT molecular complexity index is 761. The lowest BCUT2D eigenvalue weighted by atomic mass is 9.98. The Balaban J connectivity index is 1.98. The summed E-state index contributed by atoms with van der Waals surface area (Å²) in [6.07, 6.45) is 3.20. The molecule has 0 saturated carbocycles. The molecule has 0 aliphatic rings. The van der Waals surface area contributed by atoms with Gasteiger partial charge in [0.05, 0.1) is 25.2 Å². The Labute approximate surface area is 146 Å². The number of esters is 1. The van der Waals surface area contributed by atoms with Crippen LogP contribution in [-0.4, -0.2) is 35.8 Å². The lowest BCUT2D eigenvalue weighted by molar-refractivity contribution is 0.0376. The van der Waals surface area contributed by atoms with Gasteiger partial charge in [-0.15, -0.1) is 0 Å². The lowest BCUT2D eigenvalue weighted by Crippen LogP contribution is -2.19. The average Bonchev–Trinajstić information content (AvgIpc) is 3.13. The molecule has 5 nitrogen and oxygen atoms in total. The number of benzene rings is 2. The molecule has 0 fully saturated rings. The summed E-state index contributed by atoms with van der Waals surface area (Å²) in [5.41, 5.74) is 2.55. The van der Waals surface area contributed by atoms with Crippen LogP contribution in [0.3, 0.4) is 0 Å². The molecular weight excluding hydrogens is 316 g/mol. The molecule has 5 heteroatoms. The van der Waals surface area contributed by atoms with Crippen LogP contribution in [0.1, 0.15) is 27.7 Å². The number of ether oxygens (including phenoxy) is 2. The molecule has 25 heavy (non-hydrogen) atoms. The molecule has 0 aliphatic carbocycles. The Morgan fingerprint density at radius 2 is 1.60 bits per heavy atom. The lowest BCUT2D eigenvalue weighted by Gasteiger charge is -2.21. The average molecular weight is 336 g/mol. The molecule has 3 rings (SSSR count). The number of rotatable bonds is 7. The zero-order valence-electron chi connectivity index (χ0n) is 14.0. The summed E-state index contributed by atoms with van der Waals surface area (Å²) < 4.78 is 12.0. The Hall–Kier alpha value is -2.92. The van der Waals surface area contributed by atoms with Crippen molar-refractivity contribution in [3.8, 4) is 0 Å². The van der Waals surface area contributed by atoms with Gasteiger partial charge in [0.1, 0.15) is 12.3 Å². The van der Waals surface area contributed by atoms with Crippen LogP contribution < -0.4 is 0 Å². The number of carbonyl (C=O) groups is 1. The van der Waals surface area contributed by atoms with Crippen molar-refractivity contribution in [2.24, 2.45) is 0 Å². The van der Waals surface area contributed by atoms with Crippen LogP contribution in [0.4, 0.5) is 0 Å². The summed E-state index contributed by atoms with van der Waals surface area (Å²) in [6.45, 7) is 0.572. The van der Waals surface area contributed by atoms with Gasteiger partial charge in [-0.3, -0.25) is 0 Å². The monoisotopic (exact) mass is 336 g/mol. The van der Waals surface area contributed by atoms with Gasteiger partial charge in [0, 0.05) is 7.11 Å². The molecule has 0 N–H and O–H groups in total. The van der Waals surface area contributed by atoms with Crippen molar-refractivity contribution in [2.75, 3.05) is 20.3 Å². The van der Waals surface area contributed by atoms with E-state index in [2.05, 4.69) is 4.98 Å². The van der Waals surface area contributed by atoms with Crippen molar-refractivity contribution < 1.29 is 14.3 Å². The molecule has 0 radical (unpaired) electrons. The van der Waals surface area contributed by atoms with Crippen LogP contribution in [-0.2, 0) is 9.47 Å². The topological polar surface area (TPSA) is 53.4 Å². The van der Waals surface area contributed by atoms with Gasteiger partial charge in [-0.05, 0) is 11.1 Å². The maximum absolute atomic E-state index is 12.4. The fourth-order valence-electron chi connectivity index (χ4n) is 2.74. The second kappa shape index (κ2) is 8.26. The van der Waals surface area contributed by atoms with E-state index >= 15 is 0 Å². The summed E-state index contributed by atoms with van der Waals surface area (Å²) in [7, 11) is 1.57. The summed E-state index contributed by atoms with van der Waals surface area (Å²) in [6, 6.07) is 19.9. The van der Waals surface area contributed by atoms with E-state index in [9.17, 15) is 4.79 Å². The first-order valence-corrected chi connectivity index (χ1v) is 8.09. The summed E-state index contributed by atoms with van der Waals surface area (Å²) in [5.74, 6) is -0.411. The van der Waals surface area contributed by atoms with Crippen LogP contribution >= 0.6 is 0 Å². The first-order chi connectivity index (χ1) is 12.3. The second-order valence-electron chi connectivity index (χ2n) is 5.54. The highest BCUT2D eigenvalue weighted by Crippen LogP contribution is 2.28. The highest BCUT2D eigenvalue weighted by atomic mass is 16.6. The number of imidazole rings is 1. The van der Waals surface area contributed by atoms with Gasteiger partial charge in [-0.25, -0.2) is 9.78 Å². The smallest absolute Gasteiger partial charge is 0.356 e. The maximum atomic E-state index is 12.4. The van der Waals surface area contributed by atoms with E-state index in [0.717, 1.165) is 11.1 Å². The van der Waals surface area contributed by atoms with E-state index in [4.69, 9.17) is 9.47 Å². The molecule has 0 unspecified atom stereocenters. The fraction of sp³-hybridized carbons (Fsp3) is 0.200. The van der Waals surface area contributed by atoms with Crippen molar-refractivity contribution in [1.82, 2.24) is 9.55 Å². The predicted octanol–water partition coefficient (Wildman–Crippen LogP) is 3.32. The molecule has 0 saturated heterocycles. The zero-order valence-corrected chi connectivity index (χ0v) is 14.0. The van der Waals surface area contributed by atoms with Crippen molar-refractivity contribution in [3.05, 3.63) is 90.0 Å². The molecule has 128 valence electrons. The minimum Gasteiger partial charge on any atom is -0.459 e. The van der Waals surface area contributed by atoms with Crippen molar-refractivity contribution in [1.29, 1.82) is 0 Å². The van der Waals surface area contributed by atoms with E-state index in [1.165, 1.54) is 6.20 Å². The van der Waals surface area contributed by atoms with Gasteiger partial charge in [-0.2, -0.15) is 0 Å². The van der Waals surface area contributed by atoms with Gasteiger partial charge in [0.2, 0.25) is 0 Å². The number of hydrogen-bond donors (Lipinski definition) is 0. The third-order valence-electron chi connectivity index (χ3n) is 3.90. The minimum absolute atomic E-state index is 0.158. The van der Waals surface area contributed by atoms with Gasteiger partial charge in [0.15, 0.2) is 0 Å². The number of methoxy groups -OCH3 is 1. The predicted molar refractivity (Wildman–Crippen MR) is 94.5 cm³/mol. The highest BCUT2D eigenvalue weighted by molar-refractivity contribution is 5.87. The van der Waals surface area contributed by atoms with Crippen LogP contribution in [0.25, 0.3) is 0 Å². The van der Waals surface area contributed by atoms with Gasteiger partial charge >= 0.3 is 5.97 Å². The zero-order chi connectivity index (χ0) is 17.5. The first kappa shape index (κ1) is 16.9. The second-order valence-corrected chi connectivity index (χ2v) is 5.54. The Morgan fingerprint density at radius 1 is 1.00 bits per heavy atom. The third-order valence-corrected chi connectivity index (χ3v) is 3.90. The molecule has 0 atom stereocenters.